The Bertz CT molecular complexity index is 1090. The Kier molecular flexibility index (Phi) is 4.97. The lowest BCUT2D eigenvalue weighted by molar-refractivity contribution is -0.115. The molecule has 0 saturated heterocycles. The third kappa shape index (κ3) is 3.86. The molecule has 0 aliphatic heterocycles. The van der Waals surface area contributed by atoms with Crippen molar-refractivity contribution in [2.45, 2.75) is 32.1 Å². The Balaban J connectivity index is 1.90. The van der Waals surface area contributed by atoms with Crippen LogP contribution in [-0.2, 0) is 14.8 Å². The lowest BCUT2D eigenvalue weighted by Crippen LogP contribution is -2.14. The molecule has 3 aromatic rings. The van der Waals surface area contributed by atoms with Gasteiger partial charge in [0.05, 0.1) is 20.8 Å². The second kappa shape index (κ2) is 7.05. The average molecular weight is 390 g/mol. The third-order valence-corrected chi connectivity index (χ3v) is 6.30. The van der Waals surface area contributed by atoms with E-state index in [1.54, 1.807) is 44.2 Å². The minimum absolute atomic E-state index is 0.111. The normalized spacial score (nSPS) is 11.5. The van der Waals surface area contributed by atoms with Gasteiger partial charge < -0.3 is 5.32 Å². The van der Waals surface area contributed by atoms with Crippen molar-refractivity contribution in [3.63, 3.8) is 0 Å². The molecule has 6 nitrogen and oxygen atoms in total. The second-order valence-corrected chi connectivity index (χ2v) is 8.66. The van der Waals surface area contributed by atoms with Crippen molar-refractivity contribution in [1.82, 2.24) is 4.98 Å². The lowest BCUT2D eigenvalue weighted by atomic mass is 10.2. The van der Waals surface area contributed by atoms with Gasteiger partial charge in [-0.15, -0.1) is 0 Å². The van der Waals surface area contributed by atoms with Gasteiger partial charge in [0, 0.05) is 6.42 Å². The second-order valence-electron chi connectivity index (χ2n) is 5.98. The number of rotatable bonds is 5. The molecule has 2 N–H and O–H groups in total. The molecule has 0 fully saturated rings. The summed E-state index contributed by atoms with van der Waals surface area (Å²) in [6, 6.07) is 10.4. The number of carbonyl (C=O) groups excluding carboxylic acids is 1. The maximum atomic E-state index is 12.7. The quantitative estimate of drug-likeness (QED) is 0.689. The zero-order chi connectivity index (χ0) is 18.9. The number of benzene rings is 2. The number of nitrogens with zero attached hydrogens (tertiary/aromatic N) is 1. The van der Waals surface area contributed by atoms with Crippen molar-refractivity contribution >= 4 is 48.3 Å². The number of hydrogen-bond donors (Lipinski definition) is 2. The van der Waals surface area contributed by atoms with Crippen LogP contribution < -0.4 is 10.0 Å². The van der Waals surface area contributed by atoms with E-state index in [2.05, 4.69) is 15.0 Å². The van der Waals surface area contributed by atoms with Crippen molar-refractivity contribution in [2.24, 2.45) is 0 Å². The molecular formula is C18H19N3O3S2. The number of fused-ring (bicyclic) bond motifs is 1. The number of aromatic nitrogens is 1. The van der Waals surface area contributed by atoms with E-state index in [1.165, 1.54) is 11.3 Å². The first-order chi connectivity index (χ1) is 12.3. The van der Waals surface area contributed by atoms with Crippen molar-refractivity contribution in [1.29, 1.82) is 0 Å². The van der Waals surface area contributed by atoms with Crippen LogP contribution in [0.5, 0.6) is 0 Å². The summed E-state index contributed by atoms with van der Waals surface area (Å²) < 4.78 is 28.8. The molecule has 2 aromatic carbocycles. The van der Waals surface area contributed by atoms with Crippen LogP contribution >= 0.6 is 11.3 Å². The van der Waals surface area contributed by atoms with Gasteiger partial charge in [-0.3, -0.25) is 9.52 Å². The summed E-state index contributed by atoms with van der Waals surface area (Å²) in [7, 11) is -3.69. The predicted octanol–water partition coefficient (Wildman–Crippen LogP) is 4.06. The van der Waals surface area contributed by atoms with Crippen molar-refractivity contribution < 1.29 is 13.2 Å². The number of thiazole rings is 1. The summed E-state index contributed by atoms with van der Waals surface area (Å²) in [6.45, 7) is 5.39. The Morgan fingerprint density at radius 3 is 2.65 bits per heavy atom. The van der Waals surface area contributed by atoms with Crippen LogP contribution in [0, 0.1) is 13.8 Å². The van der Waals surface area contributed by atoms with Crippen LogP contribution in [0.25, 0.3) is 10.2 Å². The first-order valence-electron chi connectivity index (χ1n) is 8.09. The molecule has 1 heterocycles. The number of carbonyl (C=O) groups is 1. The fourth-order valence-electron chi connectivity index (χ4n) is 2.46. The van der Waals surface area contributed by atoms with Crippen LogP contribution in [0.15, 0.2) is 41.3 Å². The van der Waals surface area contributed by atoms with E-state index in [4.69, 9.17) is 0 Å². The van der Waals surface area contributed by atoms with E-state index in [9.17, 15) is 13.2 Å². The standard InChI is InChI=1S/C18H19N3O3S2/c1-4-17(22)20-18-19-14-8-7-13(10-15(14)25-18)21-26(23,24)16-9-11(2)5-6-12(16)3/h5-10,21H,4H2,1-3H3,(H,19,20,22). The highest BCUT2D eigenvalue weighted by Crippen LogP contribution is 2.29. The molecule has 136 valence electrons. The highest BCUT2D eigenvalue weighted by atomic mass is 32.2. The first kappa shape index (κ1) is 18.3. The topological polar surface area (TPSA) is 88.2 Å². The van der Waals surface area contributed by atoms with E-state index in [0.717, 1.165) is 10.3 Å². The molecule has 3 rings (SSSR count). The van der Waals surface area contributed by atoms with Gasteiger partial charge >= 0.3 is 0 Å². The molecule has 0 aliphatic rings. The molecular weight excluding hydrogens is 370 g/mol. The van der Waals surface area contributed by atoms with E-state index in [0.29, 0.717) is 28.3 Å². The Labute approximate surface area is 156 Å². The zero-order valence-electron chi connectivity index (χ0n) is 14.7. The Hall–Kier alpha value is -2.45. The summed E-state index contributed by atoms with van der Waals surface area (Å²) in [4.78, 5) is 16.1. The van der Waals surface area contributed by atoms with E-state index in [-0.39, 0.29) is 10.8 Å². The van der Waals surface area contributed by atoms with Crippen LogP contribution in [0.3, 0.4) is 0 Å². The number of anilines is 2. The third-order valence-electron chi connectivity index (χ3n) is 3.84. The van der Waals surface area contributed by atoms with Crippen molar-refractivity contribution in [3.8, 4) is 0 Å². The van der Waals surface area contributed by atoms with Crippen molar-refractivity contribution in [2.75, 3.05) is 10.0 Å². The van der Waals surface area contributed by atoms with Crippen LogP contribution in [0.2, 0.25) is 0 Å². The van der Waals surface area contributed by atoms with Crippen LogP contribution in [-0.4, -0.2) is 19.3 Å². The minimum atomic E-state index is -3.69. The predicted molar refractivity (Wildman–Crippen MR) is 105 cm³/mol. The maximum Gasteiger partial charge on any atom is 0.262 e. The fraction of sp³-hybridized carbons (Fsp3) is 0.222. The highest BCUT2D eigenvalue weighted by Gasteiger charge is 2.18. The van der Waals surface area contributed by atoms with E-state index >= 15 is 0 Å². The first-order valence-corrected chi connectivity index (χ1v) is 10.4. The largest absolute Gasteiger partial charge is 0.302 e. The number of amides is 1. The highest BCUT2D eigenvalue weighted by molar-refractivity contribution is 7.92. The summed E-state index contributed by atoms with van der Waals surface area (Å²) in [5.41, 5.74) is 2.73. The van der Waals surface area contributed by atoms with Gasteiger partial charge in [-0.25, -0.2) is 13.4 Å². The summed E-state index contributed by atoms with van der Waals surface area (Å²) >= 11 is 1.30. The van der Waals surface area contributed by atoms with Gasteiger partial charge in [0.15, 0.2) is 5.13 Å². The molecule has 0 saturated carbocycles. The molecule has 0 unspecified atom stereocenters. The van der Waals surface area contributed by atoms with Gasteiger partial charge in [-0.2, -0.15) is 0 Å². The van der Waals surface area contributed by atoms with Gasteiger partial charge in [-0.1, -0.05) is 30.4 Å². The van der Waals surface area contributed by atoms with Gasteiger partial charge in [-0.05, 0) is 49.2 Å². The molecule has 0 aliphatic carbocycles. The van der Waals surface area contributed by atoms with Crippen LogP contribution in [0.4, 0.5) is 10.8 Å². The summed E-state index contributed by atoms with van der Waals surface area (Å²) in [5, 5.41) is 3.22. The molecule has 26 heavy (non-hydrogen) atoms. The van der Waals surface area contributed by atoms with Gasteiger partial charge in [0.2, 0.25) is 5.91 Å². The van der Waals surface area contributed by atoms with Gasteiger partial charge in [0.1, 0.15) is 0 Å². The van der Waals surface area contributed by atoms with Crippen molar-refractivity contribution in [3.05, 3.63) is 47.5 Å². The zero-order valence-corrected chi connectivity index (χ0v) is 16.3. The molecule has 0 radical (unpaired) electrons. The monoisotopic (exact) mass is 389 g/mol. The number of nitrogens with one attached hydrogen (secondary N) is 2. The van der Waals surface area contributed by atoms with E-state index in [1.807, 2.05) is 13.0 Å². The number of hydrogen-bond acceptors (Lipinski definition) is 5. The summed E-state index contributed by atoms with van der Waals surface area (Å²) in [5.74, 6) is -0.111. The number of aryl methyl sites for hydroxylation is 2. The SMILES string of the molecule is CCC(=O)Nc1nc2ccc(NS(=O)(=O)c3cc(C)ccc3C)cc2s1. The Morgan fingerprint density at radius 2 is 1.92 bits per heavy atom. The number of sulfonamides is 1. The molecule has 1 amide bonds. The fourth-order valence-corrected chi connectivity index (χ4v) is 4.76. The maximum absolute atomic E-state index is 12.7. The minimum Gasteiger partial charge on any atom is -0.302 e. The lowest BCUT2D eigenvalue weighted by Gasteiger charge is -2.11. The average Bonchev–Trinajstić information content (AvgIpc) is 2.97. The van der Waals surface area contributed by atoms with Crippen LogP contribution in [0.1, 0.15) is 24.5 Å². The van der Waals surface area contributed by atoms with Gasteiger partial charge in [0.25, 0.3) is 10.0 Å². The Morgan fingerprint density at radius 1 is 1.15 bits per heavy atom. The molecule has 1 aromatic heterocycles. The molecule has 8 heteroatoms. The smallest absolute Gasteiger partial charge is 0.262 e. The molecule has 0 bridgehead atoms. The molecule has 0 atom stereocenters. The van der Waals surface area contributed by atoms with E-state index < -0.39 is 10.0 Å². The molecule has 0 spiro atoms. The summed E-state index contributed by atoms with van der Waals surface area (Å²) in [6.07, 6.45) is 0.372.